The second-order valence-electron chi connectivity index (χ2n) is 3.97. The van der Waals surface area contributed by atoms with E-state index in [1.165, 1.54) is 0 Å². The van der Waals surface area contributed by atoms with E-state index in [1.54, 1.807) is 6.92 Å². The van der Waals surface area contributed by atoms with Crippen molar-refractivity contribution in [2.45, 2.75) is 13.3 Å². The number of carbonyl (C=O) groups is 1. The highest BCUT2D eigenvalue weighted by Crippen LogP contribution is 2.23. The molecular weight excluding hydrogens is 270 g/mol. The largest absolute Gasteiger partial charge is 0.327 e. The molecular formula is C13H12F2N2O3. The summed E-state index contributed by atoms with van der Waals surface area (Å²) in [6.45, 7) is 1.93. The van der Waals surface area contributed by atoms with Crippen LogP contribution in [0.1, 0.15) is 23.7 Å². The normalized spacial score (nSPS) is 9.90. The second kappa shape index (κ2) is 6.61. The van der Waals surface area contributed by atoms with Gasteiger partial charge in [0.15, 0.2) is 0 Å². The number of nitro groups is 1. The van der Waals surface area contributed by atoms with Crippen molar-refractivity contribution in [1.82, 2.24) is 4.90 Å². The van der Waals surface area contributed by atoms with Crippen LogP contribution in [0.25, 0.3) is 0 Å². The van der Waals surface area contributed by atoms with Crippen LogP contribution in [0.2, 0.25) is 0 Å². The molecule has 1 rings (SSSR count). The quantitative estimate of drug-likeness (QED) is 0.473. The summed E-state index contributed by atoms with van der Waals surface area (Å²) in [5, 5.41) is 10.6. The lowest BCUT2D eigenvalue weighted by molar-refractivity contribution is -0.387. The van der Waals surface area contributed by atoms with Gasteiger partial charge in [-0.2, -0.15) is 4.39 Å². The number of nitro benzene ring substituents is 1. The molecule has 7 heteroatoms. The van der Waals surface area contributed by atoms with Crippen LogP contribution < -0.4 is 0 Å². The van der Waals surface area contributed by atoms with Crippen molar-refractivity contribution in [1.29, 1.82) is 0 Å². The highest BCUT2D eigenvalue weighted by Gasteiger charge is 2.26. The maximum atomic E-state index is 13.9. The van der Waals surface area contributed by atoms with Gasteiger partial charge in [-0.15, -0.1) is 6.42 Å². The van der Waals surface area contributed by atoms with Crippen LogP contribution >= 0.6 is 0 Å². The maximum absolute atomic E-state index is 13.9. The Labute approximate surface area is 114 Å². The number of carbonyl (C=O) groups excluding carboxylic acids is 1. The molecule has 0 fully saturated rings. The molecule has 0 atom stereocenters. The third-order valence-electron chi connectivity index (χ3n) is 2.51. The number of amides is 1. The van der Waals surface area contributed by atoms with Crippen LogP contribution in [0.5, 0.6) is 0 Å². The first-order chi connectivity index (χ1) is 9.42. The van der Waals surface area contributed by atoms with E-state index in [-0.39, 0.29) is 13.1 Å². The first kappa shape index (κ1) is 15.6. The number of hydrogen-bond donors (Lipinski definition) is 0. The second-order valence-corrected chi connectivity index (χ2v) is 3.97. The Kier molecular flexibility index (Phi) is 5.15. The van der Waals surface area contributed by atoms with Gasteiger partial charge < -0.3 is 4.90 Å². The van der Waals surface area contributed by atoms with Crippen LogP contribution in [-0.4, -0.2) is 28.8 Å². The Balaban J connectivity index is 3.28. The molecule has 1 amide bonds. The van der Waals surface area contributed by atoms with E-state index in [2.05, 4.69) is 5.92 Å². The fraction of sp³-hybridized carbons (Fsp3) is 0.308. The number of benzene rings is 1. The minimum Gasteiger partial charge on any atom is -0.327 e. The summed E-state index contributed by atoms with van der Waals surface area (Å²) in [5.41, 5.74) is -1.77. The Bertz CT molecular complexity index is 582. The topological polar surface area (TPSA) is 63.5 Å². The lowest BCUT2D eigenvalue weighted by Crippen LogP contribution is -2.33. The van der Waals surface area contributed by atoms with Gasteiger partial charge in [0.1, 0.15) is 5.82 Å². The monoisotopic (exact) mass is 282 g/mol. The number of terminal acetylenes is 1. The number of nitrogens with zero attached hydrogens (tertiary/aromatic N) is 2. The van der Waals surface area contributed by atoms with Gasteiger partial charge in [-0.1, -0.05) is 12.8 Å². The summed E-state index contributed by atoms with van der Waals surface area (Å²) >= 11 is 0. The highest BCUT2D eigenvalue weighted by atomic mass is 19.1. The van der Waals surface area contributed by atoms with E-state index in [0.717, 1.165) is 4.90 Å². The summed E-state index contributed by atoms with van der Waals surface area (Å²) < 4.78 is 27.2. The lowest BCUT2D eigenvalue weighted by Gasteiger charge is -2.19. The molecule has 0 heterocycles. The van der Waals surface area contributed by atoms with E-state index in [4.69, 9.17) is 6.42 Å². The van der Waals surface area contributed by atoms with E-state index < -0.39 is 33.7 Å². The molecule has 20 heavy (non-hydrogen) atoms. The van der Waals surface area contributed by atoms with Gasteiger partial charge in [-0.05, 0) is 12.5 Å². The van der Waals surface area contributed by atoms with Crippen molar-refractivity contribution in [3.05, 3.63) is 39.4 Å². The summed E-state index contributed by atoms with van der Waals surface area (Å²) in [6.07, 6.45) is 5.66. The molecule has 0 aliphatic heterocycles. The van der Waals surface area contributed by atoms with Crippen molar-refractivity contribution in [2.24, 2.45) is 0 Å². The number of halogens is 2. The summed E-state index contributed by atoms with van der Waals surface area (Å²) in [7, 11) is 0. The average Bonchev–Trinajstić information content (AvgIpc) is 2.39. The van der Waals surface area contributed by atoms with Gasteiger partial charge >= 0.3 is 5.69 Å². The van der Waals surface area contributed by atoms with E-state index >= 15 is 0 Å². The van der Waals surface area contributed by atoms with Gasteiger partial charge in [0.2, 0.25) is 5.82 Å². The van der Waals surface area contributed by atoms with Crippen LogP contribution in [-0.2, 0) is 0 Å². The van der Waals surface area contributed by atoms with Gasteiger partial charge in [0.25, 0.3) is 5.91 Å². The molecule has 0 saturated heterocycles. The lowest BCUT2D eigenvalue weighted by atomic mass is 10.1. The van der Waals surface area contributed by atoms with E-state index in [9.17, 15) is 23.7 Å². The van der Waals surface area contributed by atoms with Crippen molar-refractivity contribution in [2.75, 3.05) is 13.1 Å². The van der Waals surface area contributed by atoms with Crippen molar-refractivity contribution < 1.29 is 18.5 Å². The minimum atomic E-state index is -1.36. The molecule has 0 aliphatic rings. The average molecular weight is 282 g/mol. The zero-order valence-electron chi connectivity index (χ0n) is 10.7. The zero-order valence-corrected chi connectivity index (χ0v) is 10.7. The third kappa shape index (κ3) is 3.29. The first-order valence-electron chi connectivity index (χ1n) is 5.78. The predicted octanol–water partition coefficient (Wildman–Crippen LogP) is 2.36. The van der Waals surface area contributed by atoms with Crippen molar-refractivity contribution in [3.8, 4) is 12.3 Å². The smallest absolute Gasteiger partial charge is 0.308 e. The van der Waals surface area contributed by atoms with Gasteiger partial charge in [0, 0.05) is 6.54 Å². The molecule has 0 radical (unpaired) electrons. The maximum Gasteiger partial charge on any atom is 0.308 e. The third-order valence-corrected chi connectivity index (χ3v) is 2.51. The molecule has 0 aromatic heterocycles. The Morgan fingerprint density at radius 3 is 2.65 bits per heavy atom. The van der Waals surface area contributed by atoms with Gasteiger partial charge in [-0.25, -0.2) is 4.39 Å². The van der Waals surface area contributed by atoms with Crippen molar-refractivity contribution >= 4 is 11.6 Å². The Morgan fingerprint density at radius 1 is 1.50 bits per heavy atom. The minimum absolute atomic E-state index is 0.0869. The fourth-order valence-corrected chi connectivity index (χ4v) is 1.67. The highest BCUT2D eigenvalue weighted by molar-refractivity contribution is 5.95. The molecule has 106 valence electrons. The van der Waals surface area contributed by atoms with Gasteiger partial charge in [0.05, 0.1) is 23.1 Å². The van der Waals surface area contributed by atoms with Crippen LogP contribution in [0, 0.1) is 34.1 Å². The summed E-state index contributed by atoms with van der Waals surface area (Å²) in [5.74, 6) is -1.06. The number of rotatable bonds is 5. The molecule has 0 spiro atoms. The molecule has 0 unspecified atom stereocenters. The molecule has 1 aromatic rings. The summed E-state index contributed by atoms with van der Waals surface area (Å²) in [6, 6.07) is 1.06. The van der Waals surface area contributed by atoms with Gasteiger partial charge in [-0.3, -0.25) is 14.9 Å². The summed E-state index contributed by atoms with van der Waals surface area (Å²) in [4.78, 5) is 22.7. The fourth-order valence-electron chi connectivity index (χ4n) is 1.67. The van der Waals surface area contributed by atoms with Crippen LogP contribution in [0.4, 0.5) is 14.5 Å². The molecule has 0 aliphatic carbocycles. The molecule has 0 saturated carbocycles. The zero-order chi connectivity index (χ0) is 15.3. The van der Waals surface area contributed by atoms with Crippen molar-refractivity contribution in [3.63, 3.8) is 0 Å². The first-order valence-corrected chi connectivity index (χ1v) is 5.78. The predicted molar refractivity (Wildman–Crippen MR) is 68.0 cm³/mol. The SMILES string of the molecule is C#CCN(CCC)C(=O)c1cc(F)cc([N+](=O)[O-])c1F. The number of hydrogen-bond acceptors (Lipinski definition) is 3. The molecule has 1 aromatic carbocycles. The van der Waals surface area contributed by atoms with Crippen LogP contribution in [0.3, 0.4) is 0 Å². The standard InChI is InChI=1S/C13H12F2N2O3/c1-3-5-16(6-4-2)13(18)10-7-9(14)8-11(12(10)15)17(19)20/h1,7-8H,4-6H2,2H3. The molecule has 0 N–H and O–H groups in total. The van der Waals surface area contributed by atoms with E-state index in [0.29, 0.717) is 18.6 Å². The van der Waals surface area contributed by atoms with Crippen LogP contribution in [0.15, 0.2) is 12.1 Å². The van der Waals surface area contributed by atoms with E-state index in [1.807, 2.05) is 0 Å². The molecule has 0 bridgehead atoms. The Morgan fingerprint density at radius 2 is 2.15 bits per heavy atom. The Hall–Kier alpha value is -2.49. The molecule has 5 nitrogen and oxygen atoms in total.